The molecule has 1 aliphatic heterocycles. The summed E-state index contributed by atoms with van der Waals surface area (Å²) >= 11 is 6.10. The van der Waals surface area contributed by atoms with E-state index < -0.39 is 0 Å². The van der Waals surface area contributed by atoms with Gasteiger partial charge in [0, 0.05) is 41.5 Å². The summed E-state index contributed by atoms with van der Waals surface area (Å²) in [7, 11) is 0. The summed E-state index contributed by atoms with van der Waals surface area (Å²) in [5, 5.41) is 7.46. The van der Waals surface area contributed by atoms with Gasteiger partial charge in [-0.1, -0.05) is 23.7 Å². The van der Waals surface area contributed by atoms with E-state index in [1.54, 1.807) is 18.6 Å². The zero-order chi connectivity index (χ0) is 18.8. The molecule has 1 amide bonds. The van der Waals surface area contributed by atoms with Gasteiger partial charge in [-0.2, -0.15) is 5.10 Å². The standard InChI is InChI=1S/C20H20ClN5O/c1-13-17(9-23-25-13)20(27)26-7-3-5-15(12-26)19-11-22-10-18(24-19)14-4-2-6-16(21)8-14/h2,4,6,8-11,15H,3,5,7,12H2,1H3,(H,23,25). The molecule has 6 nitrogen and oxygen atoms in total. The van der Waals surface area contributed by atoms with Gasteiger partial charge in [-0.05, 0) is 31.9 Å². The van der Waals surface area contributed by atoms with Gasteiger partial charge in [0.2, 0.25) is 0 Å². The van der Waals surface area contributed by atoms with Gasteiger partial charge in [0.1, 0.15) is 0 Å². The van der Waals surface area contributed by atoms with E-state index in [-0.39, 0.29) is 11.8 Å². The predicted molar refractivity (Wildman–Crippen MR) is 104 cm³/mol. The van der Waals surface area contributed by atoms with Gasteiger partial charge in [0.15, 0.2) is 0 Å². The molecule has 1 unspecified atom stereocenters. The van der Waals surface area contributed by atoms with Crippen LogP contribution in [-0.4, -0.2) is 44.1 Å². The third kappa shape index (κ3) is 3.71. The normalized spacial score (nSPS) is 17.1. The number of amides is 1. The Labute approximate surface area is 162 Å². The van der Waals surface area contributed by atoms with Crippen LogP contribution in [0, 0.1) is 6.92 Å². The summed E-state index contributed by atoms with van der Waals surface area (Å²) < 4.78 is 0. The van der Waals surface area contributed by atoms with E-state index in [4.69, 9.17) is 16.6 Å². The number of rotatable bonds is 3. The van der Waals surface area contributed by atoms with E-state index in [9.17, 15) is 4.79 Å². The third-order valence-corrected chi connectivity index (χ3v) is 5.20. The molecule has 1 fully saturated rings. The summed E-state index contributed by atoms with van der Waals surface area (Å²) in [5.74, 6) is 0.187. The highest BCUT2D eigenvalue weighted by Gasteiger charge is 2.28. The Balaban J connectivity index is 1.56. The van der Waals surface area contributed by atoms with E-state index in [0.29, 0.717) is 17.1 Å². The molecular formula is C20H20ClN5O. The number of likely N-dealkylation sites (tertiary alicyclic amines) is 1. The Bertz CT molecular complexity index is 970. The van der Waals surface area contributed by atoms with Crippen LogP contribution in [0.5, 0.6) is 0 Å². The van der Waals surface area contributed by atoms with Crippen molar-refractivity contribution in [2.75, 3.05) is 13.1 Å². The number of benzene rings is 1. The molecule has 4 rings (SSSR count). The summed E-state index contributed by atoms with van der Waals surface area (Å²) in [4.78, 5) is 23.9. The first kappa shape index (κ1) is 17.7. The summed E-state index contributed by atoms with van der Waals surface area (Å²) in [5.41, 5.74) is 4.08. The van der Waals surface area contributed by atoms with Gasteiger partial charge >= 0.3 is 0 Å². The second-order valence-electron chi connectivity index (χ2n) is 6.84. The molecule has 0 aliphatic carbocycles. The van der Waals surface area contributed by atoms with Crippen molar-refractivity contribution in [1.82, 2.24) is 25.1 Å². The van der Waals surface area contributed by atoms with Crippen LogP contribution in [-0.2, 0) is 0 Å². The highest BCUT2D eigenvalue weighted by atomic mass is 35.5. The topological polar surface area (TPSA) is 74.8 Å². The van der Waals surface area contributed by atoms with Crippen LogP contribution >= 0.6 is 11.6 Å². The molecule has 1 atom stereocenters. The first-order chi connectivity index (χ1) is 13.1. The fraction of sp³-hybridized carbons (Fsp3) is 0.300. The number of nitrogens with one attached hydrogen (secondary N) is 1. The molecule has 7 heteroatoms. The minimum Gasteiger partial charge on any atom is -0.338 e. The second-order valence-corrected chi connectivity index (χ2v) is 7.27. The molecule has 3 heterocycles. The maximum Gasteiger partial charge on any atom is 0.257 e. The number of nitrogens with zero attached hydrogens (tertiary/aromatic N) is 4. The molecule has 1 N–H and O–H groups in total. The Morgan fingerprint density at radius 1 is 1.30 bits per heavy atom. The van der Waals surface area contributed by atoms with E-state index in [1.165, 1.54) is 0 Å². The van der Waals surface area contributed by atoms with E-state index >= 15 is 0 Å². The molecule has 0 radical (unpaired) electrons. The van der Waals surface area contributed by atoms with Crippen LogP contribution in [0.2, 0.25) is 5.02 Å². The number of carbonyl (C=O) groups excluding carboxylic acids is 1. The van der Waals surface area contributed by atoms with Crippen LogP contribution in [0.15, 0.2) is 42.9 Å². The lowest BCUT2D eigenvalue weighted by molar-refractivity contribution is 0.0705. The van der Waals surface area contributed by atoms with Gasteiger partial charge in [-0.25, -0.2) is 4.98 Å². The van der Waals surface area contributed by atoms with Gasteiger partial charge in [0.05, 0.1) is 29.3 Å². The smallest absolute Gasteiger partial charge is 0.257 e. The fourth-order valence-corrected chi connectivity index (χ4v) is 3.69. The van der Waals surface area contributed by atoms with Crippen molar-refractivity contribution in [3.05, 3.63) is 64.8 Å². The molecule has 0 spiro atoms. The zero-order valence-electron chi connectivity index (χ0n) is 15.0. The lowest BCUT2D eigenvalue weighted by atomic mass is 9.94. The number of aromatic nitrogens is 4. The number of hydrogen-bond acceptors (Lipinski definition) is 4. The summed E-state index contributed by atoms with van der Waals surface area (Å²) in [6.45, 7) is 3.25. The molecule has 1 saturated heterocycles. The average Bonchev–Trinajstić information content (AvgIpc) is 3.13. The van der Waals surface area contributed by atoms with Crippen molar-refractivity contribution < 1.29 is 4.79 Å². The summed E-state index contributed by atoms with van der Waals surface area (Å²) in [6.07, 6.45) is 7.07. The number of aromatic amines is 1. The molecular weight excluding hydrogens is 362 g/mol. The fourth-order valence-electron chi connectivity index (χ4n) is 3.50. The maximum absolute atomic E-state index is 12.8. The SMILES string of the molecule is Cc1[nH]ncc1C(=O)N1CCCC(c2cncc(-c3cccc(Cl)c3)n2)C1. The number of carbonyl (C=O) groups is 1. The number of halogens is 1. The zero-order valence-corrected chi connectivity index (χ0v) is 15.8. The average molecular weight is 382 g/mol. The van der Waals surface area contributed by atoms with Crippen molar-refractivity contribution in [3.8, 4) is 11.3 Å². The van der Waals surface area contributed by atoms with Crippen molar-refractivity contribution in [3.63, 3.8) is 0 Å². The molecule has 1 aromatic carbocycles. The lowest BCUT2D eigenvalue weighted by Gasteiger charge is -2.32. The van der Waals surface area contributed by atoms with Crippen LogP contribution in [0.3, 0.4) is 0 Å². The molecule has 3 aromatic rings. The number of aryl methyl sites for hydroxylation is 1. The molecule has 138 valence electrons. The van der Waals surface area contributed by atoms with Crippen LogP contribution in [0.1, 0.15) is 40.5 Å². The van der Waals surface area contributed by atoms with Crippen molar-refractivity contribution in [2.45, 2.75) is 25.7 Å². The second kappa shape index (κ2) is 7.48. The molecule has 2 aromatic heterocycles. The first-order valence-corrected chi connectivity index (χ1v) is 9.37. The molecule has 0 bridgehead atoms. The number of piperidine rings is 1. The van der Waals surface area contributed by atoms with Gasteiger partial charge in [-0.3, -0.25) is 14.9 Å². The van der Waals surface area contributed by atoms with Gasteiger partial charge in [0.25, 0.3) is 5.91 Å². The largest absolute Gasteiger partial charge is 0.338 e. The summed E-state index contributed by atoms with van der Waals surface area (Å²) in [6, 6.07) is 7.59. The van der Waals surface area contributed by atoms with Crippen molar-refractivity contribution >= 4 is 17.5 Å². The molecule has 0 saturated carbocycles. The lowest BCUT2D eigenvalue weighted by Crippen LogP contribution is -2.39. The highest BCUT2D eigenvalue weighted by molar-refractivity contribution is 6.30. The Hall–Kier alpha value is -2.73. The van der Waals surface area contributed by atoms with Crippen molar-refractivity contribution in [2.24, 2.45) is 0 Å². The Morgan fingerprint density at radius 3 is 2.96 bits per heavy atom. The van der Waals surface area contributed by atoms with E-state index in [0.717, 1.165) is 42.0 Å². The molecule has 27 heavy (non-hydrogen) atoms. The van der Waals surface area contributed by atoms with Crippen LogP contribution < -0.4 is 0 Å². The Morgan fingerprint density at radius 2 is 2.19 bits per heavy atom. The minimum absolute atomic E-state index is 0.0184. The monoisotopic (exact) mass is 381 g/mol. The minimum atomic E-state index is 0.0184. The van der Waals surface area contributed by atoms with Gasteiger partial charge < -0.3 is 4.90 Å². The quantitative estimate of drug-likeness (QED) is 0.747. The Kier molecular flexibility index (Phi) is 4.90. The van der Waals surface area contributed by atoms with Crippen LogP contribution in [0.4, 0.5) is 0 Å². The molecule has 1 aliphatic rings. The van der Waals surface area contributed by atoms with E-state index in [1.807, 2.05) is 36.1 Å². The first-order valence-electron chi connectivity index (χ1n) is 8.99. The maximum atomic E-state index is 12.8. The van der Waals surface area contributed by atoms with Crippen LogP contribution in [0.25, 0.3) is 11.3 Å². The van der Waals surface area contributed by atoms with Gasteiger partial charge in [-0.15, -0.1) is 0 Å². The number of H-pyrrole nitrogens is 1. The number of hydrogen-bond donors (Lipinski definition) is 1. The van der Waals surface area contributed by atoms with E-state index in [2.05, 4.69) is 15.2 Å². The third-order valence-electron chi connectivity index (χ3n) is 4.96. The van der Waals surface area contributed by atoms with Crippen molar-refractivity contribution in [1.29, 1.82) is 0 Å². The predicted octanol–water partition coefficient (Wildman–Crippen LogP) is 3.85. The highest BCUT2D eigenvalue weighted by Crippen LogP contribution is 2.28.